The van der Waals surface area contributed by atoms with Gasteiger partial charge < -0.3 is 15.8 Å². The molecule has 1 unspecified atom stereocenters. The largest absolute Gasteiger partial charge is 0.457 e. The zero-order valence-corrected chi connectivity index (χ0v) is 38.2. The van der Waals surface area contributed by atoms with E-state index >= 15 is 0 Å². The van der Waals surface area contributed by atoms with Crippen molar-refractivity contribution in [3.05, 3.63) is 310 Å². The second-order valence-electron chi connectivity index (χ2n) is 18.8. The lowest BCUT2D eigenvalue weighted by Crippen LogP contribution is -2.45. The van der Waals surface area contributed by atoms with Crippen molar-refractivity contribution in [3.63, 3.8) is 0 Å². The molecular formula is C66H45N3O. The summed E-state index contributed by atoms with van der Waals surface area (Å²) in [5, 5.41) is 3.76. The minimum atomic E-state index is -0.612. The molecule has 330 valence electrons. The number of hydrogen-bond acceptors (Lipinski definition) is 4. The molecular weight excluding hydrogens is 851 g/mol. The van der Waals surface area contributed by atoms with Crippen LogP contribution in [0.25, 0.3) is 39.1 Å². The summed E-state index contributed by atoms with van der Waals surface area (Å²) in [5.41, 5.74) is 28.0. The quantitative estimate of drug-likeness (QED) is 0.169. The van der Waals surface area contributed by atoms with Crippen molar-refractivity contribution in [2.45, 2.75) is 17.0 Å². The van der Waals surface area contributed by atoms with Crippen LogP contribution in [0.15, 0.2) is 254 Å². The van der Waals surface area contributed by atoms with E-state index in [0.717, 1.165) is 73.1 Å². The Morgan fingerprint density at radius 2 is 0.871 bits per heavy atom. The molecule has 0 saturated heterocycles. The highest BCUT2D eigenvalue weighted by molar-refractivity contribution is 6.13. The standard InChI is InChI=1S/C66H45N3O/c67-48-22-15-20-46(40-48)45-19-14-21-47(39-45)60-41-59(68-64(69-60)44-17-2-1-3-18-44)43-37-35-42(36-38-43)49-24-16-32-58-63(49)50-23-4-5-25-51(50)65(58)52-26-6-8-28-54(52)66(55-29-9-7-27-53(55)65)56-30-10-12-33-61(56)70-62-34-13-11-31-57(62)66/h1-41,64,69H,67H2. The highest BCUT2D eigenvalue weighted by Gasteiger charge is 2.58. The zero-order chi connectivity index (χ0) is 46.4. The molecule has 2 spiro atoms. The van der Waals surface area contributed by atoms with Crippen molar-refractivity contribution in [1.82, 2.24) is 5.32 Å². The zero-order valence-electron chi connectivity index (χ0n) is 38.2. The molecule has 1 atom stereocenters. The highest BCUT2D eigenvalue weighted by atomic mass is 16.5. The van der Waals surface area contributed by atoms with Crippen molar-refractivity contribution in [2.75, 3.05) is 5.73 Å². The van der Waals surface area contributed by atoms with E-state index in [4.69, 9.17) is 15.5 Å². The molecule has 0 fully saturated rings. The van der Waals surface area contributed by atoms with E-state index in [0.29, 0.717) is 0 Å². The number of ether oxygens (including phenoxy) is 1. The van der Waals surface area contributed by atoms with Crippen molar-refractivity contribution in [1.29, 1.82) is 0 Å². The van der Waals surface area contributed by atoms with Gasteiger partial charge in [-0.15, -0.1) is 0 Å². The third-order valence-electron chi connectivity index (χ3n) is 15.2. The van der Waals surface area contributed by atoms with Gasteiger partial charge in [-0.25, -0.2) is 0 Å². The molecule has 10 aromatic carbocycles. The second-order valence-corrected chi connectivity index (χ2v) is 18.8. The summed E-state index contributed by atoms with van der Waals surface area (Å²) < 4.78 is 6.73. The first kappa shape index (κ1) is 40.1. The predicted octanol–water partition coefficient (Wildman–Crippen LogP) is 14.9. The number of nitrogen functional groups attached to an aromatic ring is 1. The number of rotatable bonds is 5. The summed E-state index contributed by atoms with van der Waals surface area (Å²) in [6.45, 7) is 0. The lowest BCUT2D eigenvalue weighted by molar-refractivity contribution is 0.429. The van der Waals surface area contributed by atoms with Gasteiger partial charge in [0.1, 0.15) is 17.7 Å². The lowest BCUT2D eigenvalue weighted by Gasteiger charge is -2.51. The van der Waals surface area contributed by atoms with Gasteiger partial charge in [-0.05, 0) is 120 Å². The minimum absolute atomic E-state index is 0.263. The smallest absolute Gasteiger partial charge is 0.145 e. The Hall–Kier alpha value is -8.99. The normalized spacial score (nSPS) is 16.0. The Kier molecular flexibility index (Phi) is 8.90. The van der Waals surface area contributed by atoms with Gasteiger partial charge in [0.15, 0.2) is 0 Å². The minimum Gasteiger partial charge on any atom is -0.457 e. The van der Waals surface area contributed by atoms with Crippen LogP contribution in [0.2, 0.25) is 0 Å². The van der Waals surface area contributed by atoms with E-state index in [9.17, 15) is 0 Å². The number of aliphatic imine (C=N–C) groups is 1. The van der Waals surface area contributed by atoms with Gasteiger partial charge >= 0.3 is 0 Å². The van der Waals surface area contributed by atoms with Gasteiger partial charge in [0.05, 0.1) is 16.5 Å². The molecule has 2 heterocycles. The number of fused-ring (bicyclic) bond motifs is 15. The summed E-state index contributed by atoms with van der Waals surface area (Å²) >= 11 is 0. The van der Waals surface area contributed by atoms with E-state index in [-0.39, 0.29) is 6.17 Å². The number of benzene rings is 10. The van der Waals surface area contributed by atoms with Crippen molar-refractivity contribution < 1.29 is 4.74 Å². The summed E-state index contributed by atoms with van der Waals surface area (Å²) in [6, 6.07) is 87.9. The van der Waals surface area contributed by atoms with Crippen LogP contribution in [0.4, 0.5) is 5.69 Å². The first-order chi connectivity index (χ1) is 34.6. The second kappa shape index (κ2) is 15.5. The number of allylic oxidation sites excluding steroid dienone is 1. The Morgan fingerprint density at radius 1 is 0.386 bits per heavy atom. The molecule has 0 saturated carbocycles. The van der Waals surface area contributed by atoms with Gasteiger partial charge in [0, 0.05) is 22.5 Å². The Morgan fingerprint density at radius 3 is 1.53 bits per heavy atom. The van der Waals surface area contributed by atoms with Crippen molar-refractivity contribution in [3.8, 4) is 44.9 Å². The Labute approximate surface area is 407 Å². The molecule has 3 N–H and O–H groups in total. The number of anilines is 1. The number of nitrogens with zero attached hydrogens (tertiary/aromatic N) is 1. The maximum atomic E-state index is 6.73. The average molecular weight is 896 g/mol. The maximum Gasteiger partial charge on any atom is 0.145 e. The topological polar surface area (TPSA) is 59.6 Å². The van der Waals surface area contributed by atoms with Gasteiger partial charge in [-0.3, -0.25) is 4.99 Å². The van der Waals surface area contributed by atoms with Crippen LogP contribution in [0.5, 0.6) is 11.5 Å². The molecule has 0 amide bonds. The van der Waals surface area contributed by atoms with Crippen LogP contribution < -0.4 is 15.8 Å². The van der Waals surface area contributed by atoms with Crippen LogP contribution in [0.3, 0.4) is 0 Å². The van der Waals surface area contributed by atoms with Crippen LogP contribution in [-0.4, -0.2) is 5.71 Å². The molecule has 4 aliphatic rings. The van der Waals surface area contributed by atoms with E-state index in [1.807, 2.05) is 18.2 Å². The molecule has 0 aromatic heterocycles. The summed E-state index contributed by atoms with van der Waals surface area (Å²) in [5.74, 6) is 1.78. The van der Waals surface area contributed by atoms with Crippen LogP contribution in [0, 0.1) is 0 Å². The van der Waals surface area contributed by atoms with E-state index in [1.54, 1.807) is 0 Å². The van der Waals surface area contributed by atoms with E-state index in [2.05, 4.69) is 236 Å². The molecule has 2 aliphatic carbocycles. The average Bonchev–Trinajstić information content (AvgIpc) is 3.73. The third-order valence-corrected chi connectivity index (χ3v) is 15.2. The number of para-hydroxylation sites is 2. The SMILES string of the molecule is Nc1cccc(-c2cccc(C3=CC(c4ccc(-c5cccc6c5-c5ccccc5C65c6ccccc6C6(c7ccccc7Oc7ccccc76)c6ccccc65)cc4)=NC(c4ccccc4)N3)c2)c1. The maximum absolute atomic E-state index is 6.73. The number of nitrogens with two attached hydrogens (primary N) is 1. The van der Waals surface area contributed by atoms with Gasteiger partial charge in [-0.2, -0.15) is 0 Å². The Balaban J connectivity index is 0.925. The van der Waals surface area contributed by atoms with Gasteiger partial charge in [0.25, 0.3) is 0 Å². The molecule has 4 nitrogen and oxygen atoms in total. The first-order valence-corrected chi connectivity index (χ1v) is 24.1. The summed E-state index contributed by atoms with van der Waals surface area (Å²) in [6.07, 6.45) is 1.92. The number of nitrogens with one attached hydrogen (secondary N) is 1. The molecule has 10 aromatic rings. The molecule has 0 radical (unpaired) electrons. The van der Waals surface area contributed by atoms with Crippen LogP contribution in [-0.2, 0) is 10.8 Å². The molecule has 2 aliphatic heterocycles. The fourth-order valence-electron chi connectivity index (χ4n) is 12.3. The van der Waals surface area contributed by atoms with Gasteiger partial charge in [0.2, 0.25) is 0 Å². The molecule has 4 heteroatoms. The molecule has 0 bridgehead atoms. The van der Waals surface area contributed by atoms with Gasteiger partial charge in [-0.1, -0.05) is 212 Å². The predicted molar refractivity (Wildman–Crippen MR) is 284 cm³/mol. The Bertz CT molecular complexity index is 3710. The molecule has 14 rings (SSSR count). The number of hydrogen-bond donors (Lipinski definition) is 2. The fraction of sp³-hybridized carbons (Fsp3) is 0.0455. The van der Waals surface area contributed by atoms with Crippen molar-refractivity contribution in [2.24, 2.45) is 4.99 Å². The van der Waals surface area contributed by atoms with Crippen LogP contribution >= 0.6 is 0 Å². The first-order valence-electron chi connectivity index (χ1n) is 24.1. The summed E-state index contributed by atoms with van der Waals surface area (Å²) in [4.78, 5) is 5.35. The third kappa shape index (κ3) is 5.74. The summed E-state index contributed by atoms with van der Waals surface area (Å²) in [7, 11) is 0. The monoisotopic (exact) mass is 895 g/mol. The fourth-order valence-corrected chi connectivity index (χ4v) is 12.3. The van der Waals surface area contributed by atoms with Crippen molar-refractivity contribution >= 4 is 17.1 Å². The van der Waals surface area contributed by atoms with E-state index in [1.165, 1.54) is 50.1 Å². The van der Waals surface area contributed by atoms with E-state index < -0.39 is 10.8 Å². The molecule has 70 heavy (non-hydrogen) atoms. The highest BCUT2D eigenvalue weighted by Crippen LogP contribution is 2.67. The van der Waals surface area contributed by atoms with Crippen LogP contribution in [0.1, 0.15) is 67.4 Å². The lowest BCUT2D eigenvalue weighted by atomic mass is 9.51.